The van der Waals surface area contributed by atoms with E-state index in [0.717, 1.165) is 0 Å². The molecule has 0 aliphatic rings. The predicted molar refractivity (Wildman–Crippen MR) is 77.9 cm³/mol. The zero-order valence-electron chi connectivity index (χ0n) is 11.6. The largest absolute Gasteiger partial charge is 0.464 e. The molecule has 2 rings (SSSR count). The number of carbonyl (C=O) groups is 1. The van der Waals surface area contributed by atoms with Crippen molar-refractivity contribution in [2.24, 2.45) is 0 Å². The van der Waals surface area contributed by atoms with E-state index in [1.807, 2.05) is 0 Å². The van der Waals surface area contributed by atoms with Crippen LogP contribution in [0.3, 0.4) is 0 Å². The van der Waals surface area contributed by atoms with Gasteiger partial charge in [-0.15, -0.1) is 0 Å². The summed E-state index contributed by atoms with van der Waals surface area (Å²) in [5, 5.41) is 22.8. The first-order chi connectivity index (χ1) is 10.5. The summed E-state index contributed by atoms with van der Waals surface area (Å²) in [6.07, 6.45) is 0. The number of methoxy groups -OCH3 is 1. The van der Waals surface area contributed by atoms with Crippen LogP contribution in [0.15, 0.2) is 36.4 Å². The molecule has 22 heavy (non-hydrogen) atoms. The van der Waals surface area contributed by atoms with Crippen molar-refractivity contribution in [2.45, 2.75) is 6.61 Å². The molecule has 0 atom stereocenters. The van der Waals surface area contributed by atoms with Crippen LogP contribution >= 0.6 is 0 Å². The van der Waals surface area contributed by atoms with Crippen LogP contribution in [0.1, 0.15) is 16.1 Å². The number of pyridine rings is 1. The fraction of sp³-hybridized carbons (Fsp3) is 0.143. The number of aliphatic hydroxyl groups is 1. The minimum Gasteiger partial charge on any atom is -0.464 e. The molecule has 0 amide bonds. The molecule has 1 heterocycles. The average Bonchev–Trinajstić information content (AvgIpc) is 2.54. The van der Waals surface area contributed by atoms with Gasteiger partial charge in [-0.1, -0.05) is 12.1 Å². The summed E-state index contributed by atoms with van der Waals surface area (Å²) in [5.74, 6) is -0.752. The van der Waals surface area contributed by atoms with E-state index in [4.69, 9.17) is 5.11 Å². The van der Waals surface area contributed by atoms with E-state index in [9.17, 15) is 14.9 Å². The van der Waals surface area contributed by atoms with Crippen LogP contribution in [-0.4, -0.2) is 28.1 Å². The molecular weight excluding hydrogens is 290 g/mol. The average molecular weight is 303 g/mol. The van der Waals surface area contributed by atoms with E-state index in [0.29, 0.717) is 11.3 Å². The van der Waals surface area contributed by atoms with Crippen LogP contribution in [-0.2, 0) is 11.3 Å². The van der Waals surface area contributed by atoms with E-state index >= 15 is 0 Å². The number of carbonyl (C=O) groups excluding carboxylic acids is 1. The second-order valence-electron chi connectivity index (χ2n) is 4.29. The van der Waals surface area contributed by atoms with Gasteiger partial charge in [0.1, 0.15) is 0 Å². The Kier molecular flexibility index (Phi) is 4.64. The highest BCUT2D eigenvalue weighted by atomic mass is 16.6. The van der Waals surface area contributed by atoms with Crippen LogP contribution in [0.5, 0.6) is 0 Å². The van der Waals surface area contributed by atoms with E-state index in [1.54, 1.807) is 24.3 Å². The van der Waals surface area contributed by atoms with Gasteiger partial charge in [-0.05, 0) is 23.8 Å². The Morgan fingerprint density at radius 1 is 1.32 bits per heavy atom. The van der Waals surface area contributed by atoms with Crippen molar-refractivity contribution in [1.82, 2.24) is 4.98 Å². The van der Waals surface area contributed by atoms with Crippen molar-refractivity contribution in [3.05, 3.63) is 57.8 Å². The number of aromatic nitrogens is 1. The number of ether oxygens (including phenoxy) is 1. The van der Waals surface area contributed by atoms with Gasteiger partial charge in [0.25, 0.3) is 0 Å². The van der Waals surface area contributed by atoms with E-state index in [-0.39, 0.29) is 23.8 Å². The van der Waals surface area contributed by atoms with Crippen molar-refractivity contribution >= 4 is 23.2 Å². The zero-order valence-corrected chi connectivity index (χ0v) is 11.6. The monoisotopic (exact) mass is 303 g/mol. The molecule has 8 nitrogen and oxygen atoms in total. The van der Waals surface area contributed by atoms with Crippen LogP contribution < -0.4 is 5.32 Å². The molecule has 1 aromatic heterocycles. The second-order valence-corrected chi connectivity index (χ2v) is 4.29. The van der Waals surface area contributed by atoms with Crippen LogP contribution in [0.2, 0.25) is 0 Å². The number of nitrogens with zero attached hydrogens (tertiary/aromatic N) is 2. The molecule has 114 valence electrons. The van der Waals surface area contributed by atoms with Gasteiger partial charge in [0.15, 0.2) is 5.69 Å². The number of nitrogens with one attached hydrogen (secondary N) is 1. The van der Waals surface area contributed by atoms with Crippen LogP contribution in [0.4, 0.5) is 17.2 Å². The predicted octanol–water partition coefficient (Wildman–Crippen LogP) is 2.01. The highest BCUT2D eigenvalue weighted by Crippen LogP contribution is 2.26. The summed E-state index contributed by atoms with van der Waals surface area (Å²) in [7, 11) is 1.20. The van der Waals surface area contributed by atoms with Gasteiger partial charge in [0.2, 0.25) is 5.82 Å². The molecule has 8 heteroatoms. The van der Waals surface area contributed by atoms with Gasteiger partial charge in [-0.2, -0.15) is 0 Å². The SMILES string of the molecule is COC(=O)c1ccc([N+](=O)[O-])c(Nc2ccc(CO)cc2)n1. The van der Waals surface area contributed by atoms with Gasteiger partial charge in [0.05, 0.1) is 18.6 Å². The molecule has 0 spiro atoms. The third-order valence-electron chi connectivity index (χ3n) is 2.86. The molecule has 0 saturated heterocycles. The Morgan fingerprint density at radius 3 is 2.55 bits per heavy atom. The Bertz CT molecular complexity index is 700. The number of anilines is 2. The minimum atomic E-state index is -0.687. The topological polar surface area (TPSA) is 115 Å². The number of nitro groups is 1. The summed E-state index contributed by atoms with van der Waals surface area (Å²) >= 11 is 0. The number of rotatable bonds is 5. The Labute approximate surface area is 125 Å². The molecule has 0 aliphatic heterocycles. The zero-order chi connectivity index (χ0) is 16.1. The van der Waals surface area contributed by atoms with Crippen LogP contribution in [0, 0.1) is 10.1 Å². The van der Waals surface area contributed by atoms with E-state index in [2.05, 4.69) is 15.0 Å². The highest BCUT2D eigenvalue weighted by Gasteiger charge is 2.19. The number of hydrogen-bond acceptors (Lipinski definition) is 7. The Hall–Kier alpha value is -3.00. The quantitative estimate of drug-likeness (QED) is 0.493. The maximum atomic E-state index is 11.5. The van der Waals surface area contributed by atoms with Crippen molar-refractivity contribution in [3.63, 3.8) is 0 Å². The van der Waals surface area contributed by atoms with Gasteiger partial charge >= 0.3 is 11.7 Å². The van der Waals surface area contributed by atoms with Crippen LogP contribution in [0.25, 0.3) is 0 Å². The Balaban J connectivity index is 2.37. The third-order valence-corrected chi connectivity index (χ3v) is 2.86. The number of esters is 1. The van der Waals surface area contributed by atoms with Crippen molar-refractivity contribution in [3.8, 4) is 0 Å². The molecule has 2 N–H and O–H groups in total. The normalized spacial score (nSPS) is 10.1. The molecule has 0 aliphatic carbocycles. The molecule has 0 bridgehead atoms. The first-order valence-electron chi connectivity index (χ1n) is 6.25. The maximum absolute atomic E-state index is 11.5. The lowest BCUT2D eigenvalue weighted by Crippen LogP contribution is -2.08. The molecule has 0 fully saturated rings. The first kappa shape index (κ1) is 15.4. The minimum absolute atomic E-state index is 0.0393. The van der Waals surface area contributed by atoms with E-state index in [1.165, 1.54) is 19.2 Å². The fourth-order valence-electron chi connectivity index (χ4n) is 1.74. The standard InChI is InChI=1S/C14H13N3O5/c1-22-14(19)11-6-7-12(17(20)21)13(16-11)15-10-4-2-9(8-18)3-5-10/h2-7,18H,8H2,1H3,(H,15,16). The molecule has 1 aromatic carbocycles. The van der Waals surface area contributed by atoms with Gasteiger partial charge < -0.3 is 15.2 Å². The maximum Gasteiger partial charge on any atom is 0.356 e. The lowest BCUT2D eigenvalue weighted by atomic mass is 10.2. The smallest absolute Gasteiger partial charge is 0.356 e. The van der Waals surface area contributed by atoms with Crippen molar-refractivity contribution in [2.75, 3.05) is 12.4 Å². The van der Waals surface area contributed by atoms with Gasteiger partial charge in [0, 0.05) is 11.8 Å². The summed E-state index contributed by atoms with van der Waals surface area (Å²) in [4.78, 5) is 25.8. The third kappa shape index (κ3) is 3.36. The lowest BCUT2D eigenvalue weighted by molar-refractivity contribution is -0.384. The summed E-state index contributed by atoms with van der Waals surface area (Å²) in [5.41, 5.74) is 0.938. The van der Waals surface area contributed by atoms with E-state index < -0.39 is 10.9 Å². The fourth-order valence-corrected chi connectivity index (χ4v) is 1.74. The van der Waals surface area contributed by atoms with Crippen molar-refractivity contribution in [1.29, 1.82) is 0 Å². The number of benzene rings is 1. The summed E-state index contributed by atoms with van der Waals surface area (Å²) < 4.78 is 4.55. The van der Waals surface area contributed by atoms with Gasteiger partial charge in [-0.3, -0.25) is 10.1 Å². The molecule has 0 saturated carbocycles. The highest BCUT2D eigenvalue weighted by molar-refractivity contribution is 5.88. The molecule has 2 aromatic rings. The molecule has 0 unspecified atom stereocenters. The Morgan fingerprint density at radius 2 is 2.00 bits per heavy atom. The van der Waals surface area contributed by atoms with Crippen molar-refractivity contribution < 1.29 is 19.6 Å². The molecule has 0 radical (unpaired) electrons. The first-order valence-corrected chi connectivity index (χ1v) is 6.25. The number of hydrogen-bond donors (Lipinski definition) is 2. The second kappa shape index (κ2) is 6.64. The number of aliphatic hydroxyl groups excluding tert-OH is 1. The molecular formula is C14H13N3O5. The summed E-state index contributed by atoms with van der Waals surface area (Å²) in [6.45, 7) is -0.101. The summed E-state index contributed by atoms with van der Waals surface area (Å²) in [6, 6.07) is 9.02. The lowest BCUT2D eigenvalue weighted by Gasteiger charge is -2.08. The van der Waals surface area contributed by atoms with Gasteiger partial charge in [-0.25, -0.2) is 9.78 Å².